The fourth-order valence-electron chi connectivity index (χ4n) is 3.05. The molecule has 5 nitrogen and oxygen atoms in total. The zero-order chi connectivity index (χ0) is 21.8. The third kappa shape index (κ3) is 5.20. The first-order valence-corrected chi connectivity index (χ1v) is 10.3. The molecule has 0 radical (unpaired) electrons. The first kappa shape index (κ1) is 20.8. The van der Waals surface area contributed by atoms with Crippen molar-refractivity contribution in [2.45, 2.75) is 6.92 Å². The van der Waals surface area contributed by atoms with Crippen molar-refractivity contribution >= 4 is 46.3 Å². The molecule has 2 N–H and O–H groups in total. The highest BCUT2D eigenvalue weighted by Gasteiger charge is 2.10. The van der Waals surface area contributed by atoms with Crippen LogP contribution in [0.25, 0.3) is 11.3 Å². The SMILES string of the molecule is Cc1nc(Nc2cccc(NC(=O)c3ccc(Cl)c(Cl)c3)c2)cc(-c2ccccc2)n1. The lowest BCUT2D eigenvalue weighted by Crippen LogP contribution is -2.12. The van der Waals surface area contributed by atoms with E-state index >= 15 is 0 Å². The Hall–Kier alpha value is -3.41. The van der Waals surface area contributed by atoms with Crippen molar-refractivity contribution in [3.63, 3.8) is 0 Å². The largest absolute Gasteiger partial charge is 0.340 e. The molecular weight excluding hydrogens is 431 g/mol. The molecule has 1 aromatic heterocycles. The Morgan fingerprint density at radius 3 is 2.35 bits per heavy atom. The molecular formula is C24H18Cl2N4O. The summed E-state index contributed by atoms with van der Waals surface area (Å²) in [6.45, 7) is 1.85. The molecule has 0 aliphatic rings. The molecule has 0 spiro atoms. The van der Waals surface area contributed by atoms with Gasteiger partial charge in [-0.25, -0.2) is 9.97 Å². The van der Waals surface area contributed by atoms with Gasteiger partial charge in [0.2, 0.25) is 0 Å². The molecule has 4 aromatic rings. The molecule has 31 heavy (non-hydrogen) atoms. The maximum atomic E-state index is 12.5. The molecule has 7 heteroatoms. The fraction of sp³-hybridized carbons (Fsp3) is 0.0417. The molecule has 0 bridgehead atoms. The maximum Gasteiger partial charge on any atom is 0.255 e. The van der Waals surface area contributed by atoms with Crippen LogP contribution >= 0.6 is 23.2 Å². The first-order chi connectivity index (χ1) is 15.0. The number of anilines is 3. The van der Waals surface area contributed by atoms with Crippen molar-refractivity contribution in [2.75, 3.05) is 10.6 Å². The minimum atomic E-state index is -0.278. The van der Waals surface area contributed by atoms with Crippen LogP contribution in [0.2, 0.25) is 10.0 Å². The molecule has 1 heterocycles. The Morgan fingerprint density at radius 1 is 0.806 bits per heavy atom. The predicted octanol–water partition coefficient (Wildman–Crippen LogP) is 6.75. The van der Waals surface area contributed by atoms with Crippen molar-refractivity contribution in [1.29, 1.82) is 0 Å². The van der Waals surface area contributed by atoms with Crippen LogP contribution in [0.3, 0.4) is 0 Å². The van der Waals surface area contributed by atoms with Gasteiger partial charge in [-0.15, -0.1) is 0 Å². The second-order valence-corrected chi connectivity index (χ2v) is 7.65. The highest BCUT2D eigenvalue weighted by Crippen LogP contribution is 2.25. The lowest BCUT2D eigenvalue weighted by atomic mass is 10.1. The van der Waals surface area contributed by atoms with Crippen molar-refractivity contribution < 1.29 is 4.79 Å². The van der Waals surface area contributed by atoms with Crippen LogP contribution in [0.1, 0.15) is 16.2 Å². The summed E-state index contributed by atoms with van der Waals surface area (Å²) in [6.07, 6.45) is 0. The highest BCUT2D eigenvalue weighted by molar-refractivity contribution is 6.42. The summed E-state index contributed by atoms with van der Waals surface area (Å²) >= 11 is 11.9. The van der Waals surface area contributed by atoms with E-state index in [4.69, 9.17) is 23.2 Å². The van der Waals surface area contributed by atoms with E-state index in [0.29, 0.717) is 32.9 Å². The summed E-state index contributed by atoms with van der Waals surface area (Å²) in [5.74, 6) is 1.05. The van der Waals surface area contributed by atoms with E-state index in [1.807, 2.05) is 61.5 Å². The van der Waals surface area contributed by atoms with Crippen LogP contribution in [0.15, 0.2) is 78.9 Å². The van der Waals surface area contributed by atoms with Crippen LogP contribution in [0, 0.1) is 6.92 Å². The lowest BCUT2D eigenvalue weighted by molar-refractivity contribution is 0.102. The summed E-state index contributed by atoms with van der Waals surface area (Å²) in [4.78, 5) is 21.5. The molecule has 0 aliphatic heterocycles. The van der Waals surface area contributed by atoms with Crippen LogP contribution in [-0.2, 0) is 0 Å². The minimum absolute atomic E-state index is 0.278. The van der Waals surface area contributed by atoms with Crippen LogP contribution in [0.5, 0.6) is 0 Å². The van der Waals surface area contributed by atoms with Crippen LogP contribution in [0.4, 0.5) is 17.2 Å². The average molecular weight is 449 g/mol. The molecule has 3 aromatic carbocycles. The molecule has 1 amide bonds. The first-order valence-electron chi connectivity index (χ1n) is 9.52. The maximum absolute atomic E-state index is 12.5. The van der Waals surface area contributed by atoms with Crippen LogP contribution < -0.4 is 10.6 Å². The van der Waals surface area contributed by atoms with E-state index < -0.39 is 0 Å². The average Bonchev–Trinajstić information content (AvgIpc) is 2.76. The number of aromatic nitrogens is 2. The molecule has 154 valence electrons. The molecule has 0 saturated carbocycles. The molecule has 4 rings (SSSR count). The quantitative estimate of drug-likeness (QED) is 0.354. The number of nitrogens with one attached hydrogen (secondary N) is 2. The summed E-state index contributed by atoms with van der Waals surface area (Å²) in [5, 5.41) is 6.88. The number of halogens is 2. The smallest absolute Gasteiger partial charge is 0.255 e. The van der Waals surface area contributed by atoms with Crippen molar-refractivity contribution in [2.24, 2.45) is 0 Å². The van der Waals surface area contributed by atoms with E-state index in [9.17, 15) is 4.79 Å². The van der Waals surface area contributed by atoms with Crippen molar-refractivity contribution in [1.82, 2.24) is 9.97 Å². The molecule has 0 fully saturated rings. The van der Waals surface area contributed by atoms with Gasteiger partial charge in [-0.05, 0) is 43.3 Å². The van der Waals surface area contributed by atoms with Gasteiger partial charge in [-0.3, -0.25) is 4.79 Å². The second-order valence-electron chi connectivity index (χ2n) is 6.84. The van der Waals surface area contributed by atoms with Gasteiger partial charge in [0.25, 0.3) is 5.91 Å². The summed E-state index contributed by atoms with van der Waals surface area (Å²) < 4.78 is 0. The predicted molar refractivity (Wildman–Crippen MR) is 126 cm³/mol. The Bertz CT molecular complexity index is 1250. The van der Waals surface area contributed by atoms with Gasteiger partial charge in [0, 0.05) is 28.6 Å². The fourth-order valence-corrected chi connectivity index (χ4v) is 3.35. The van der Waals surface area contributed by atoms with Gasteiger partial charge in [0.1, 0.15) is 11.6 Å². The van der Waals surface area contributed by atoms with Gasteiger partial charge in [-0.1, -0.05) is 59.6 Å². The Kier molecular flexibility index (Phi) is 6.16. The normalized spacial score (nSPS) is 10.5. The number of nitrogens with zero attached hydrogens (tertiary/aromatic N) is 2. The number of carbonyl (C=O) groups is 1. The number of hydrogen-bond acceptors (Lipinski definition) is 4. The molecule has 0 unspecified atom stereocenters. The minimum Gasteiger partial charge on any atom is -0.340 e. The topological polar surface area (TPSA) is 66.9 Å². The zero-order valence-electron chi connectivity index (χ0n) is 16.6. The monoisotopic (exact) mass is 448 g/mol. The number of carbonyl (C=O) groups excluding carboxylic acids is 1. The van der Waals surface area contributed by atoms with E-state index in [0.717, 1.165) is 16.9 Å². The van der Waals surface area contributed by atoms with E-state index in [-0.39, 0.29) is 5.91 Å². The zero-order valence-corrected chi connectivity index (χ0v) is 18.1. The van der Waals surface area contributed by atoms with Gasteiger partial charge in [0.15, 0.2) is 0 Å². The number of hydrogen-bond donors (Lipinski definition) is 2. The number of benzene rings is 3. The van der Waals surface area contributed by atoms with E-state index in [2.05, 4.69) is 20.6 Å². The Balaban J connectivity index is 1.53. The standard InChI is InChI=1S/C24H18Cl2N4O/c1-15-27-22(16-6-3-2-4-7-16)14-23(28-15)29-18-8-5-9-19(13-18)30-24(31)17-10-11-20(25)21(26)12-17/h2-14H,1H3,(H,30,31)(H,27,28,29). The van der Waals surface area contributed by atoms with E-state index in [1.54, 1.807) is 18.2 Å². The number of rotatable bonds is 5. The second kappa shape index (κ2) is 9.16. The van der Waals surface area contributed by atoms with E-state index in [1.165, 1.54) is 6.07 Å². The molecule has 0 aliphatic carbocycles. The Labute approximate surface area is 190 Å². The number of aryl methyl sites for hydroxylation is 1. The summed E-state index contributed by atoms with van der Waals surface area (Å²) in [7, 11) is 0. The van der Waals surface area contributed by atoms with Gasteiger partial charge in [-0.2, -0.15) is 0 Å². The third-order valence-corrected chi connectivity index (χ3v) is 5.22. The van der Waals surface area contributed by atoms with Crippen LogP contribution in [-0.4, -0.2) is 15.9 Å². The lowest BCUT2D eigenvalue weighted by Gasteiger charge is -2.11. The highest BCUT2D eigenvalue weighted by atomic mass is 35.5. The van der Waals surface area contributed by atoms with Gasteiger partial charge in [0.05, 0.1) is 15.7 Å². The summed E-state index contributed by atoms with van der Waals surface area (Å²) in [6, 6.07) is 24.0. The third-order valence-electron chi connectivity index (χ3n) is 4.48. The van der Waals surface area contributed by atoms with Crippen molar-refractivity contribution in [3.8, 4) is 11.3 Å². The number of amides is 1. The molecule has 0 atom stereocenters. The van der Waals surface area contributed by atoms with Crippen molar-refractivity contribution in [3.05, 3.63) is 100 Å². The van der Waals surface area contributed by atoms with Gasteiger partial charge >= 0.3 is 0 Å². The van der Waals surface area contributed by atoms with Gasteiger partial charge < -0.3 is 10.6 Å². The molecule has 0 saturated heterocycles. The summed E-state index contributed by atoms with van der Waals surface area (Å²) in [5.41, 5.74) is 3.68. The Morgan fingerprint density at radius 2 is 1.58 bits per heavy atom.